The lowest BCUT2D eigenvalue weighted by Crippen LogP contribution is -2.23. The van der Waals surface area contributed by atoms with Gasteiger partial charge in [0.2, 0.25) is 0 Å². The van der Waals surface area contributed by atoms with Crippen LogP contribution in [0, 0.1) is 11.3 Å². The van der Waals surface area contributed by atoms with E-state index in [0.717, 1.165) is 24.2 Å². The van der Waals surface area contributed by atoms with E-state index >= 15 is 0 Å². The predicted molar refractivity (Wildman–Crippen MR) is 84.6 cm³/mol. The fourth-order valence-electron chi connectivity index (χ4n) is 2.08. The fourth-order valence-corrected chi connectivity index (χ4v) is 2.08. The second-order valence-electron chi connectivity index (χ2n) is 5.04. The number of nitrogens with zero attached hydrogens (tertiary/aromatic N) is 3. The summed E-state index contributed by atoms with van der Waals surface area (Å²) in [6.45, 7) is 2.83. The van der Waals surface area contributed by atoms with E-state index in [9.17, 15) is 4.79 Å². The van der Waals surface area contributed by atoms with E-state index in [1.807, 2.05) is 30.3 Å². The highest BCUT2D eigenvalue weighted by atomic mass is 16.5. The van der Waals surface area contributed by atoms with Crippen LogP contribution in [0.4, 0.5) is 0 Å². The van der Waals surface area contributed by atoms with Crippen molar-refractivity contribution in [3.05, 3.63) is 46.2 Å². The van der Waals surface area contributed by atoms with Gasteiger partial charge >= 0.3 is 0 Å². The minimum Gasteiger partial charge on any atom is -0.494 e. The van der Waals surface area contributed by atoms with Crippen LogP contribution in [0.5, 0.6) is 5.75 Å². The Kier molecular flexibility index (Phi) is 5.31. The number of ether oxygens (including phenoxy) is 1. The van der Waals surface area contributed by atoms with Crippen LogP contribution in [0.3, 0.4) is 0 Å². The molecule has 0 unspecified atom stereocenters. The predicted octanol–water partition coefficient (Wildman–Crippen LogP) is 2.69. The van der Waals surface area contributed by atoms with Gasteiger partial charge in [0, 0.05) is 18.2 Å². The molecule has 114 valence electrons. The van der Waals surface area contributed by atoms with Crippen molar-refractivity contribution in [3.8, 4) is 23.1 Å². The Balaban J connectivity index is 2.25. The van der Waals surface area contributed by atoms with Crippen LogP contribution in [0.1, 0.15) is 25.3 Å². The number of benzene rings is 1. The summed E-state index contributed by atoms with van der Waals surface area (Å²) in [6.07, 6.45) is 2.21. The molecular weight excluding hydrogens is 278 g/mol. The van der Waals surface area contributed by atoms with E-state index in [0.29, 0.717) is 17.9 Å². The Morgan fingerprint density at radius 1 is 1.32 bits per heavy atom. The number of hydrogen-bond acceptors (Lipinski definition) is 4. The van der Waals surface area contributed by atoms with E-state index in [1.54, 1.807) is 13.1 Å². The van der Waals surface area contributed by atoms with Crippen molar-refractivity contribution < 1.29 is 4.74 Å². The molecule has 0 N–H and O–H groups in total. The van der Waals surface area contributed by atoms with Gasteiger partial charge in [0.15, 0.2) is 0 Å². The molecule has 0 fully saturated rings. The van der Waals surface area contributed by atoms with Gasteiger partial charge in [0.25, 0.3) is 5.56 Å². The fraction of sp³-hybridized carbons (Fsp3) is 0.353. The number of aromatic nitrogens is 2. The van der Waals surface area contributed by atoms with Crippen LogP contribution in [0.25, 0.3) is 11.3 Å². The van der Waals surface area contributed by atoms with Gasteiger partial charge in [0.05, 0.1) is 24.8 Å². The summed E-state index contributed by atoms with van der Waals surface area (Å²) >= 11 is 0. The molecule has 2 rings (SSSR count). The van der Waals surface area contributed by atoms with Crippen molar-refractivity contribution in [3.63, 3.8) is 0 Å². The molecule has 0 aliphatic carbocycles. The molecule has 0 spiro atoms. The molecule has 2 aromatic rings. The van der Waals surface area contributed by atoms with Gasteiger partial charge in [-0.05, 0) is 36.8 Å². The Morgan fingerprint density at radius 2 is 2.05 bits per heavy atom. The Labute approximate surface area is 129 Å². The van der Waals surface area contributed by atoms with E-state index in [-0.39, 0.29) is 12.0 Å². The first-order valence-electron chi connectivity index (χ1n) is 7.33. The van der Waals surface area contributed by atoms with Crippen molar-refractivity contribution >= 4 is 0 Å². The summed E-state index contributed by atoms with van der Waals surface area (Å²) in [5.41, 5.74) is 1.79. The van der Waals surface area contributed by atoms with E-state index in [2.05, 4.69) is 12.0 Å². The number of aryl methyl sites for hydroxylation is 1. The summed E-state index contributed by atoms with van der Waals surface area (Å²) in [5.74, 6) is 0.819. The van der Waals surface area contributed by atoms with Gasteiger partial charge in [-0.3, -0.25) is 4.79 Å². The standard InChI is InChI=1S/C17H19N3O2/c1-3-4-11-22-15-7-5-13(6-8-15)16-12-14(9-10-18)17(21)20(2)19-16/h5-8,12H,3-4,9,11H2,1-2H3. The van der Waals surface area contributed by atoms with Gasteiger partial charge < -0.3 is 4.74 Å². The molecule has 5 heteroatoms. The maximum absolute atomic E-state index is 11.9. The number of hydrogen-bond donors (Lipinski definition) is 0. The molecule has 5 nitrogen and oxygen atoms in total. The topological polar surface area (TPSA) is 67.9 Å². The minimum absolute atomic E-state index is 0.0837. The quantitative estimate of drug-likeness (QED) is 0.769. The molecule has 1 heterocycles. The van der Waals surface area contributed by atoms with Gasteiger partial charge in [-0.1, -0.05) is 13.3 Å². The smallest absolute Gasteiger partial charge is 0.270 e. The summed E-state index contributed by atoms with van der Waals surface area (Å²) in [4.78, 5) is 11.9. The maximum Gasteiger partial charge on any atom is 0.270 e. The third-order valence-corrected chi connectivity index (χ3v) is 3.32. The third-order valence-electron chi connectivity index (χ3n) is 3.32. The van der Waals surface area contributed by atoms with Crippen LogP contribution in [0.2, 0.25) is 0 Å². The highest BCUT2D eigenvalue weighted by molar-refractivity contribution is 5.60. The Bertz CT molecular complexity index is 727. The number of nitriles is 1. The lowest BCUT2D eigenvalue weighted by Gasteiger charge is -2.08. The molecular formula is C17H19N3O2. The van der Waals surface area contributed by atoms with Crippen molar-refractivity contribution in [2.24, 2.45) is 7.05 Å². The number of rotatable bonds is 6. The summed E-state index contributed by atoms with van der Waals surface area (Å²) in [5, 5.41) is 13.0. The Morgan fingerprint density at radius 3 is 2.68 bits per heavy atom. The molecule has 0 amide bonds. The van der Waals surface area contributed by atoms with Crippen molar-refractivity contribution in [1.29, 1.82) is 5.26 Å². The molecule has 0 bridgehead atoms. The Hall–Kier alpha value is -2.61. The van der Waals surface area contributed by atoms with Crippen LogP contribution in [-0.2, 0) is 13.5 Å². The maximum atomic E-state index is 11.9. The van der Waals surface area contributed by atoms with Gasteiger partial charge in [-0.2, -0.15) is 10.4 Å². The van der Waals surface area contributed by atoms with Crippen LogP contribution >= 0.6 is 0 Å². The second kappa shape index (κ2) is 7.41. The van der Waals surface area contributed by atoms with E-state index in [1.165, 1.54) is 4.68 Å². The van der Waals surface area contributed by atoms with Gasteiger partial charge in [-0.15, -0.1) is 0 Å². The molecule has 22 heavy (non-hydrogen) atoms. The normalized spacial score (nSPS) is 10.2. The van der Waals surface area contributed by atoms with Gasteiger partial charge in [-0.25, -0.2) is 4.68 Å². The first-order chi connectivity index (χ1) is 10.7. The molecule has 0 aliphatic rings. The highest BCUT2D eigenvalue weighted by Crippen LogP contribution is 2.21. The summed E-state index contributed by atoms with van der Waals surface area (Å²) in [6, 6.07) is 11.3. The van der Waals surface area contributed by atoms with Crippen molar-refractivity contribution in [1.82, 2.24) is 9.78 Å². The van der Waals surface area contributed by atoms with Crippen LogP contribution in [0.15, 0.2) is 35.1 Å². The molecule has 0 saturated carbocycles. The summed E-state index contributed by atoms with van der Waals surface area (Å²) in [7, 11) is 1.59. The first-order valence-corrected chi connectivity index (χ1v) is 7.33. The van der Waals surface area contributed by atoms with Crippen LogP contribution in [-0.4, -0.2) is 16.4 Å². The number of unbranched alkanes of at least 4 members (excludes halogenated alkanes) is 1. The van der Waals surface area contributed by atoms with E-state index in [4.69, 9.17) is 10.00 Å². The van der Waals surface area contributed by atoms with Crippen molar-refractivity contribution in [2.75, 3.05) is 6.61 Å². The average Bonchev–Trinajstić information content (AvgIpc) is 2.53. The summed E-state index contributed by atoms with van der Waals surface area (Å²) < 4.78 is 6.90. The largest absolute Gasteiger partial charge is 0.494 e. The SMILES string of the molecule is CCCCOc1ccc(-c2cc(CC#N)c(=O)n(C)n2)cc1. The molecule has 0 atom stereocenters. The van der Waals surface area contributed by atoms with Crippen LogP contribution < -0.4 is 10.3 Å². The monoisotopic (exact) mass is 297 g/mol. The molecule has 1 aromatic carbocycles. The zero-order chi connectivity index (χ0) is 15.9. The zero-order valence-electron chi connectivity index (χ0n) is 12.9. The third kappa shape index (κ3) is 3.73. The van der Waals surface area contributed by atoms with Crippen molar-refractivity contribution in [2.45, 2.75) is 26.2 Å². The lowest BCUT2D eigenvalue weighted by molar-refractivity contribution is 0.309. The zero-order valence-corrected chi connectivity index (χ0v) is 12.9. The van der Waals surface area contributed by atoms with Gasteiger partial charge in [0.1, 0.15) is 5.75 Å². The minimum atomic E-state index is -0.232. The molecule has 1 aromatic heterocycles. The molecule has 0 aliphatic heterocycles. The molecule has 0 radical (unpaired) electrons. The van der Waals surface area contributed by atoms with E-state index < -0.39 is 0 Å². The average molecular weight is 297 g/mol. The highest BCUT2D eigenvalue weighted by Gasteiger charge is 2.08. The molecule has 0 saturated heterocycles. The first kappa shape index (κ1) is 15.8. The lowest BCUT2D eigenvalue weighted by atomic mass is 10.1. The second-order valence-corrected chi connectivity index (χ2v) is 5.04.